The van der Waals surface area contributed by atoms with Crippen LogP contribution in [0.2, 0.25) is 0 Å². The Morgan fingerprint density at radius 2 is 1.02 bits per heavy atom. The molecule has 11 rings (SSSR count). The molecule has 258 valence electrons. The molecule has 8 aromatic carbocycles. The minimum Gasteiger partial charge on any atom is -0.456 e. The molecule has 0 unspecified atom stereocenters. The van der Waals surface area contributed by atoms with Crippen LogP contribution in [0.1, 0.15) is 0 Å². The van der Waals surface area contributed by atoms with Gasteiger partial charge >= 0.3 is 0 Å². The van der Waals surface area contributed by atoms with Gasteiger partial charge in [0.1, 0.15) is 22.3 Å². The fraction of sp³-hybridized carbons (Fsp3) is 0. The summed E-state index contributed by atoms with van der Waals surface area (Å²) in [5, 5.41) is 6.81. The summed E-state index contributed by atoms with van der Waals surface area (Å²) in [6.07, 6.45) is 3.69. The van der Waals surface area contributed by atoms with E-state index in [0.717, 1.165) is 99.7 Å². The molecule has 0 saturated heterocycles. The number of aromatic nitrogens is 1. The molecule has 0 spiro atoms. The van der Waals surface area contributed by atoms with Crippen LogP contribution in [0.5, 0.6) is 0 Å². The monoisotopic (exact) mass is 704 g/mol. The number of rotatable bonds is 6. The van der Waals surface area contributed by atoms with Crippen LogP contribution in [-0.2, 0) is 0 Å². The van der Waals surface area contributed by atoms with Gasteiger partial charge in [-0.05, 0) is 117 Å². The van der Waals surface area contributed by atoms with E-state index in [0.29, 0.717) is 0 Å². The molecule has 0 radical (unpaired) electrons. The Morgan fingerprint density at radius 3 is 1.87 bits per heavy atom. The van der Waals surface area contributed by atoms with Crippen LogP contribution in [-0.4, -0.2) is 4.98 Å². The molecule has 11 aromatic rings. The molecule has 55 heavy (non-hydrogen) atoms. The molecule has 0 aliphatic carbocycles. The van der Waals surface area contributed by atoms with Gasteiger partial charge in [0, 0.05) is 56.6 Å². The van der Waals surface area contributed by atoms with Crippen LogP contribution in [0.15, 0.2) is 203 Å². The van der Waals surface area contributed by atoms with Crippen LogP contribution >= 0.6 is 0 Å². The summed E-state index contributed by atoms with van der Waals surface area (Å²) in [6, 6.07) is 64.2. The number of fused-ring (bicyclic) bond motifs is 8. The molecule has 0 aliphatic rings. The maximum absolute atomic E-state index is 6.86. The van der Waals surface area contributed by atoms with E-state index in [1.54, 1.807) is 0 Å². The van der Waals surface area contributed by atoms with Crippen molar-refractivity contribution < 1.29 is 8.83 Å². The van der Waals surface area contributed by atoms with Gasteiger partial charge < -0.3 is 13.7 Å². The maximum Gasteiger partial charge on any atom is 0.143 e. The first-order valence-corrected chi connectivity index (χ1v) is 18.5. The quantitative estimate of drug-likeness (QED) is 0.173. The Kier molecular flexibility index (Phi) is 7.14. The van der Waals surface area contributed by atoms with E-state index in [4.69, 9.17) is 8.83 Å². The topological polar surface area (TPSA) is 42.4 Å². The Bertz CT molecular complexity index is 3220. The van der Waals surface area contributed by atoms with E-state index < -0.39 is 0 Å². The highest BCUT2D eigenvalue weighted by atomic mass is 16.3. The fourth-order valence-electron chi connectivity index (χ4n) is 8.22. The van der Waals surface area contributed by atoms with Crippen LogP contribution in [0.3, 0.4) is 0 Å². The van der Waals surface area contributed by atoms with Gasteiger partial charge in [0.15, 0.2) is 0 Å². The van der Waals surface area contributed by atoms with Crippen molar-refractivity contribution in [2.24, 2.45) is 0 Å². The number of benzene rings is 8. The minimum absolute atomic E-state index is 0.863. The van der Waals surface area contributed by atoms with Crippen LogP contribution in [0.4, 0.5) is 17.1 Å². The van der Waals surface area contributed by atoms with Crippen LogP contribution in [0, 0.1) is 0 Å². The average Bonchev–Trinajstić information content (AvgIpc) is 3.83. The lowest BCUT2D eigenvalue weighted by molar-refractivity contribution is 0.669. The minimum atomic E-state index is 0.863. The fourth-order valence-corrected chi connectivity index (χ4v) is 8.22. The van der Waals surface area contributed by atoms with Crippen molar-refractivity contribution in [2.75, 3.05) is 4.90 Å². The van der Waals surface area contributed by atoms with Gasteiger partial charge in [0.25, 0.3) is 0 Å². The molecular formula is C51H32N2O2. The van der Waals surface area contributed by atoms with E-state index in [-0.39, 0.29) is 0 Å². The Hall–Kier alpha value is -7.43. The first kappa shape index (κ1) is 31.1. The molecular weight excluding hydrogens is 673 g/mol. The highest BCUT2D eigenvalue weighted by Crippen LogP contribution is 2.46. The second-order valence-corrected chi connectivity index (χ2v) is 13.9. The van der Waals surface area contributed by atoms with Gasteiger partial charge in [-0.1, -0.05) is 103 Å². The van der Waals surface area contributed by atoms with Gasteiger partial charge in [0.05, 0.1) is 0 Å². The second kappa shape index (κ2) is 12.6. The normalized spacial score (nSPS) is 11.6. The standard InChI is InChI=1S/C51H32N2O2/c1-2-14-38(15-3-1)53(39-16-8-12-34(29-39)35-23-24-47-45(31-35)43-19-6-7-21-46(43)54-47)40-17-9-13-36(30-40)44-32-37-11-4-5-18-42(37)50-49-41(33-25-27-52-28-26-33)20-10-22-48(49)55-51(44)50/h1-32H. The molecule has 0 amide bonds. The van der Waals surface area contributed by atoms with E-state index in [2.05, 4.69) is 180 Å². The van der Waals surface area contributed by atoms with Crippen molar-refractivity contribution in [3.63, 3.8) is 0 Å². The Labute approximate surface area is 317 Å². The Morgan fingerprint density at radius 1 is 0.364 bits per heavy atom. The van der Waals surface area contributed by atoms with E-state index in [9.17, 15) is 0 Å². The molecule has 4 nitrogen and oxygen atoms in total. The third-order valence-electron chi connectivity index (χ3n) is 10.7. The van der Waals surface area contributed by atoms with Crippen molar-refractivity contribution in [1.29, 1.82) is 0 Å². The highest BCUT2D eigenvalue weighted by molar-refractivity contribution is 6.25. The first-order chi connectivity index (χ1) is 27.3. The van der Waals surface area contributed by atoms with Crippen molar-refractivity contribution in [1.82, 2.24) is 4.98 Å². The van der Waals surface area contributed by atoms with E-state index in [1.807, 2.05) is 24.5 Å². The van der Waals surface area contributed by atoms with Gasteiger partial charge in [-0.3, -0.25) is 4.98 Å². The van der Waals surface area contributed by atoms with Gasteiger partial charge in [-0.25, -0.2) is 0 Å². The molecule has 0 aliphatic heterocycles. The maximum atomic E-state index is 6.86. The molecule has 0 N–H and O–H groups in total. The molecule has 3 heterocycles. The predicted octanol–water partition coefficient (Wildman–Crippen LogP) is 14.5. The number of anilines is 3. The summed E-state index contributed by atoms with van der Waals surface area (Å²) in [7, 11) is 0. The van der Waals surface area contributed by atoms with Crippen molar-refractivity contribution >= 4 is 71.7 Å². The largest absolute Gasteiger partial charge is 0.456 e. The molecule has 0 saturated carbocycles. The van der Waals surface area contributed by atoms with Crippen molar-refractivity contribution in [3.05, 3.63) is 194 Å². The number of furan rings is 2. The second-order valence-electron chi connectivity index (χ2n) is 13.9. The lowest BCUT2D eigenvalue weighted by atomic mass is 9.93. The number of hydrogen-bond acceptors (Lipinski definition) is 4. The summed E-state index contributed by atoms with van der Waals surface area (Å²) in [4.78, 5) is 6.61. The first-order valence-electron chi connectivity index (χ1n) is 18.5. The zero-order chi connectivity index (χ0) is 36.3. The number of hydrogen-bond donors (Lipinski definition) is 0. The summed E-state index contributed by atoms with van der Waals surface area (Å²) in [5.74, 6) is 0. The summed E-state index contributed by atoms with van der Waals surface area (Å²) < 4.78 is 13.0. The van der Waals surface area contributed by atoms with Gasteiger partial charge in [0.2, 0.25) is 0 Å². The van der Waals surface area contributed by atoms with Gasteiger partial charge in [-0.2, -0.15) is 0 Å². The zero-order valence-corrected chi connectivity index (χ0v) is 29.7. The third-order valence-corrected chi connectivity index (χ3v) is 10.7. The van der Waals surface area contributed by atoms with E-state index >= 15 is 0 Å². The summed E-state index contributed by atoms with van der Waals surface area (Å²) in [6.45, 7) is 0. The lowest BCUT2D eigenvalue weighted by Gasteiger charge is -2.26. The zero-order valence-electron chi connectivity index (χ0n) is 29.7. The lowest BCUT2D eigenvalue weighted by Crippen LogP contribution is -2.10. The van der Waals surface area contributed by atoms with Crippen LogP contribution in [0.25, 0.3) is 88.0 Å². The Balaban J connectivity index is 1.09. The predicted molar refractivity (Wildman–Crippen MR) is 227 cm³/mol. The van der Waals surface area contributed by atoms with Crippen LogP contribution < -0.4 is 4.90 Å². The van der Waals surface area contributed by atoms with Gasteiger partial charge in [-0.15, -0.1) is 0 Å². The molecule has 4 heteroatoms. The van der Waals surface area contributed by atoms with Crippen molar-refractivity contribution in [3.8, 4) is 33.4 Å². The third kappa shape index (κ3) is 5.19. The molecule has 3 aromatic heterocycles. The molecule has 0 atom stereocenters. The molecule has 0 bridgehead atoms. The summed E-state index contributed by atoms with van der Waals surface area (Å²) >= 11 is 0. The summed E-state index contributed by atoms with van der Waals surface area (Å²) in [5.41, 5.74) is 13.4. The number of para-hydroxylation sites is 2. The average molecular weight is 705 g/mol. The van der Waals surface area contributed by atoms with Crippen molar-refractivity contribution in [2.45, 2.75) is 0 Å². The number of nitrogens with zero attached hydrogens (tertiary/aromatic N) is 2. The SMILES string of the molecule is c1ccc(N(c2cccc(-c3ccc4oc5ccccc5c4c3)c2)c2cccc(-c3cc4ccccc4c4c3oc3cccc(-c5ccncc5)c34)c2)cc1. The smallest absolute Gasteiger partial charge is 0.143 e. The number of pyridine rings is 1. The van der Waals surface area contributed by atoms with E-state index in [1.165, 1.54) is 5.39 Å². The highest BCUT2D eigenvalue weighted by Gasteiger charge is 2.21. The molecule has 0 fully saturated rings.